The van der Waals surface area contributed by atoms with Crippen molar-refractivity contribution in [2.75, 3.05) is 38.2 Å². The van der Waals surface area contributed by atoms with Gasteiger partial charge in [-0.3, -0.25) is 4.79 Å². The van der Waals surface area contributed by atoms with E-state index in [1.54, 1.807) is 30.3 Å². The molecule has 0 bridgehead atoms. The lowest BCUT2D eigenvalue weighted by Gasteiger charge is -2.14. The van der Waals surface area contributed by atoms with Gasteiger partial charge in [0.25, 0.3) is 0 Å². The Morgan fingerprint density at radius 3 is 2.40 bits per heavy atom. The maximum absolute atomic E-state index is 14.0. The number of anilines is 1. The first-order chi connectivity index (χ1) is 14.5. The van der Waals surface area contributed by atoms with E-state index in [4.69, 9.17) is 20.1 Å². The monoisotopic (exact) mass is 433 g/mol. The van der Waals surface area contributed by atoms with Crippen LogP contribution in [0.1, 0.15) is 0 Å². The van der Waals surface area contributed by atoms with Crippen molar-refractivity contribution >= 4 is 23.4 Å². The summed E-state index contributed by atoms with van der Waals surface area (Å²) < 4.78 is 30.9. The quantitative estimate of drug-likeness (QED) is 0.412. The molecule has 2 aromatic carbocycles. The summed E-state index contributed by atoms with van der Waals surface area (Å²) >= 11 is 1.07. The van der Waals surface area contributed by atoms with Crippen molar-refractivity contribution in [1.29, 1.82) is 0 Å². The number of methoxy groups -OCH3 is 3. The van der Waals surface area contributed by atoms with Crippen LogP contribution in [0.2, 0.25) is 0 Å². The Bertz CT molecular complexity index is 1030. The van der Waals surface area contributed by atoms with Gasteiger partial charge in [0.05, 0.1) is 32.6 Å². The molecule has 30 heavy (non-hydrogen) atoms. The van der Waals surface area contributed by atoms with Crippen LogP contribution in [0.3, 0.4) is 0 Å². The van der Waals surface area contributed by atoms with Crippen LogP contribution in [-0.2, 0) is 4.79 Å². The summed E-state index contributed by atoms with van der Waals surface area (Å²) in [5, 5.41) is 10.9. The van der Waals surface area contributed by atoms with Crippen LogP contribution in [-0.4, -0.2) is 47.9 Å². The van der Waals surface area contributed by atoms with Gasteiger partial charge in [-0.2, -0.15) is 0 Å². The van der Waals surface area contributed by atoms with E-state index >= 15 is 0 Å². The Kier molecular flexibility index (Phi) is 6.62. The SMILES string of the molecule is COc1cc(NC(=O)CSc2nnc(-c3ccccc3F)n2N)cc(OC)c1OC. The number of rotatable bonds is 8. The lowest BCUT2D eigenvalue weighted by atomic mass is 10.2. The van der Waals surface area contributed by atoms with E-state index in [2.05, 4.69) is 15.5 Å². The van der Waals surface area contributed by atoms with Crippen molar-refractivity contribution in [3.05, 3.63) is 42.2 Å². The molecule has 0 aliphatic heterocycles. The van der Waals surface area contributed by atoms with Gasteiger partial charge < -0.3 is 25.4 Å². The number of ether oxygens (including phenoxy) is 3. The maximum atomic E-state index is 14.0. The standard InChI is InChI=1S/C19H20FN5O4S/c1-27-14-8-11(9-15(28-2)17(14)29-3)22-16(26)10-30-19-24-23-18(25(19)21)12-6-4-5-7-13(12)20/h4-9H,10,21H2,1-3H3,(H,22,26). The third-order valence-corrected chi connectivity index (χ3v) is 5.00. The Balaban J connectivity index is 1.69. The van der Waals surface area contributed by atoms with E-state index < -0.39 is 5.82 Å². The molecule has 0 aliphatic rings. The highest BCUT2D eigenvalue weighted by Crippen LogP contribution is 2.40. The number of carbonyl (C=O) groups excluding carboxylic acids is 1. The Hall–Kier alpha value is -3.47. The highest BCUT2D eigenvalue weighted by Gasteiger charge is 2.18. The number of hydrogen-bond donors (Lipinski definition) is 2. The minimum absolute atomic E-state index is 0.00324. The molecule has 0 radical (unpaired) electrons. The van der Waals surface area contributed by atoms with Gasteiger partial charge in [0, 0.05) is 17.8 Å². The fourth-order valence-electron chi connectivity index (χ4n) is 2.68. The highest BCUT2D eigenvalue weighted by molar-refractivity contribution is 7.99. The number of hydrogen-bond acceptors (Lipinski definition) is 8. The molecule has 0 unspecified atom stereocenters. The predicted molar refractivity (Wildman–Crippen MR) is 111 cm³/mol. The van der Waals surface area contributed by atoms with Gasteiger partial charge in [-0.1, -0.05) is 23.9 Å². The third kappa shape index (κ3) is 4.40. The number of nitrogens with zero attached hydrogens (tertiary/aromatic N) is 3. The molecule has 3 aromatic rings. The molecule has 3 N–H and O–H groups in total. The first-order valence-corrected chi connectivity index (χ1v) is 9.65. The second kappa shape index (κ2) is 9.35. The lowest BCUT2D eigenvalue weighted by molar-refractivity contribution is -0.113. The molecule has 1 amide bonds. The molecule has 9 nitrogen and oxygen atoms in total. The van der Waals surface area contributed by atoms with Crippen molar-refractivity contribution in [3.8, 4) is 28.6 Å². The summed E-state index contributed by atoms with van der Waals surface area (Å²) in [7, 11) is 4.47. The summed E-state index contributed by atoms with van der Waals surface area (Å²) in [6, 6.07) is 9.33. The van der Waals surface area contributed by atoms with Crippen LogP contribution < -0.4 is 25.4 Å². The van der Waals surface area contributed by atoms with Gasteiger partial charge in [0.15, 0.2) is 17.3 Å². The highest BCUT2D eigenvalue weighted by atomic mass is 32.2. The van der Waals surface area contributed by atoms with Crippen molar-refractivity contribution in [3.63, 3.8) is 0 Å². The minimum atomic E-state index is -0.465. The maximum Gasteiger partial charge on any atom is 0.234 e. The van der Waals surface area contributed by atoms with Gasteiger partial charge in [-0.05, 0) is 12.1 Å². The van der Waals surface area contributed by atoms with Gasteiger partial charge >= 0.3 is 0 Å². The zero-order valence-electron chi connectivity index (χ0n) is 16.5. The molecule has 0 atom stereocenters. The number of nitrogens with one attached hydrogen (secondary N) is 1. The molecule has 3 rings (SSSR count). The topological polar surface area (TPSA) is 114 Å². The summed E-state index contributed by atoms with van der Waals surface area (Å²) in [6.45, 7) is 0. The average Bonchev–Trinajstić information content (AvgIpc) is 3.11. The van der Waals surface area contributed by atoms with Crippen molar-refractivity contribution in [2.45, 2.75) is 5.16 Å². The predicted octanol–water partition coefficient (Wildman–Crippen LogP) is 2.55. The van der Waals surface area contributed by atoms with Gasteiger partial charge in [0.2, 0.25) is 16.8 Å². The summed E-state index contributed by atoms with van der Waals surface area (Å²) in [4.78, 5) is 12.4. The fraction of sp³-hybridized carbons (Fsp3) is 0.211. The van der Waals surface area contributed by atoms with Crippen molar-refractivity contribution < 1.29 is 23.4 Å². The minimum Gasteiger partial charge on any atom is -0.493 e. The molecule has 0 fully saturated rings. The molecular weight excluding hydrogens is 413 g/mol. The molecule has 0 saturated carbocycles. The number of benzene rings is 2. The molecule has 11 heteroatoms. The van der Waals surface area contributed by atoms with Crippen molar-refractivity contribution in [2.24, 2.45) is 0 Å². The average molecular weight is 433 g/mol. The summed E-state index contributed by atoms with van der Waals surface area (Å²) in [5.74, 6) is 6.61. The van der Waals surface area contributed by atoms with Crippen LogP contribution in [0, 0.1) is 5.82 Å². The Morgan fingerprint density at radius 1 is 1.13 bits per heavy atom. The number of nitrogen functional groups attached to an aromatic ring is 1. The Labute approximate surface area is 176 Å². The van der Waals surface area contributed by atoms with Gasteiger partial charge in [0.1, 0.15) is 5.82 Å². The third-order valence-electron chi connectivity index (χ3n) is 4.06. The van der Waals surface area contributed by atoms with E-state index in [-0.39, 0.29) is 28.2 Å². The fourth-order valence-corrected chi connectivity index (χ4v) is 3.34. The smallest absolute Gasteiger partial charge is 0.234 e. The first-order valence-electron chi connectivity index (χ1n) is 8.66. The van der Waals surface area contributed by atoms with Crippen LogP contribution in [0.15, 0.2) is 41.6 Å². The molecule has 1 heterocycles. The van der Waals surface area contributed by atoms with Crippen LogP contribution in [0.25, 0.3) is 11.4 Å². The van der Waals surface area contributed by atoms with E-state index in [1.807, 2.05) is 0 Å². The van der Waals surface area contributed by atoms with E-state index in [9.17, 15) is 9.18 Å². The Morgan fingerprint density at radius 2 is 1.80 bits per heavy atom. The molecule has 158 valence electrons. The molecule has 0 spiro atoms. The summed E-state index contributed by atoms with van der Waals surface area (Å²) in [6.07, 6.45) is 0. The second-order valence-electron chi connectivity index (χ2n) is 5.91. The van der Waals surface area contributed by atoms with E-state index in [0.29, 0.717) is 22.9 Å². The molecule has 0 aliphatic carbocycles. The van der Waals surface area contributed by atoms with Crippen LogP contribution >= 0.6 is 11.8 Å². The van der Waals surface area contributed by atoms with E-state index in [1.165, 1.54) is 27.4 Å². The lowest BCUT2D eigenvalue weighted by Crippen LogP contribution is -2.16. The number of halogens is 1. The van der Waals surface area contributed by atoms with Crippen LogP contribution in [0.4, 0.5) is 10.1 Å². The zero-order valence-corrected chi connectivity index (χ0v) is 17.3. The number of thioether (sulfide) groups is 1. The second-order valence-corrected chi connectivity index (χ2v) is 6.85. The largest absolute Gasteiger partial charge is 0.493 e. The van der Waals surface area contributed by atoms with Crippen molar-refractivity contribution in [1.82, 2.24) is 14.9 Å². The molecule has 0 saturated heterocycles. The van der Waals surface area contributed by atoms with Gasteiger partial charge in [-0.15, -0.1) is 10.2 Å². The normalized spacial score (nSPS) is 10.5. The number of amides is 1. The molecular formula is C19H20FN5O4S. The number of carbonyl (C=O) groups is 1. The number of nitrogens with two attached hydrogens (primary N) is 1. The first kappa shape index (κ1) is 21.2. The zero-order chi connectivity index (χ0) is 21.7. The van der Waals surface area contributed by atoms with Crippen LogP contribution in [0.5, 0.6) is 17.2 Å². The molecule has 1 aromatic heterocycles. The summed E-state index contributed by atoms with van der Waals surface area (Å²) in [5.41, 5.74) is 0.692. The van der Waals surface area contributed by atoms with Gasteiger partial charge in [-0.25, -0.2) is 9.07 Å². The van der Waals surface area contributed by atoms with E-state index in [0.717, 1.165) is 16.4 Å². The number of aromatic nitrogens is 3.